The number of aromatic nitrogens is 2. The summed E-state index contributed by atoms with van der Waals surface area (Å²) in [6.07, 6.45) is 0. The van der Waals surface area contributed by atoms with Crippen LogP contribution < -0.4 is 4.90 Å². The highest BCUT2D eigenvalue weighted by Gasteiger charge is 2.21. The molecule has 0 aliphatic rings. The van der Waals surface area contributed by atoms with Gasteiger partial charge in [0, 0.05) is 44.3 Å². The van der Waals surface area contributed by atoms with Crippen LogP contribution in [0.15, 0.2) is 217 Å². The van der Waals surface area contributed by atoms with Crippen molar-refractivity contribution in [3.05, 3.63) is 212 Å². The average Bonchev–Trinajstić information content (AvgIpc) is 3.87. The molecule has 0 bridgehead atoms. The van der Waals surface area contributed by atoms with Crippen molar-refractivity contribution in [1.29, 1.82) is 0 Å². The Morgan fingerprint density at radius 3 is 1.75 bits per heavy atom. The van der Waals surface area contributed by atoms with E-state index in [1.807, 2.05) is 30.3 Å². The molecule has 11 rings (SSSR count). The third-order valence-electron chi connectivity index (χ3n) is 11.0. The number of fused-ring (bicyclic) bond motifs is 6. The molecule has 0 fully saturated rings. The van der Waals surface area contributed by atoms with E-state index in [4.69, 9.17) is 9.40 Å². The Balaban J connectivity index is 1.09. The van der Waals surface area contributed by atoms with E-state index in [2.05, 4.69) is 191 Å². The number of benzene rings is 9. The summed E-state index contributed by atoms with van der Waals surface area (Å²) >= 11 is 0. The fraction of sp³-hybridized carbons (Fsp3) is 0. The van der Waals surface area contributed by atoms with Crippen LogP contribution in [0.25, 0.3) is 83.1 Å². The molecule has 268 valence electrons. The molecule has 9 aromatic carbocycles. The molecule has 0 N–H and O–H groups in total. The van der Waals surface area contributed by atoms with E-state index in [-0.39, 0.29) is 0 Å². The minimum Gasteiger partial charge on any atom is -0.436 e. The van der Waals surface area contributed by atoms with Gasteiger partial charge in [-0.2, -0.15) is 0 Å². The lowest BCUT2D eigenvalue weighted by Crippen LogP contribution is -2.11. The van der Waals surface area contributed by atoms with Crippen LogP contribution in [0.3, 0.4) is 0 Å². The fourth-order valence-corrected chi connectivity index (χ4v) is 8.40. The summed E-state index contributed by atoms with van der Waals surface area (Å²) in [5.74, 6) is 0.625. The molecule has 0 aliphatic carbocycles. The Morgan fingerprint density at radius 2 is 0.982 bits per heavy atom. The number of para-hydroxylation sites is 3. The zero-order valence-corrected chi connectivity index (χ0v) is 31.0. The first-order chi connectivity index (χ1) is 28.3. The summed E-state index contributed by atoms with van der Waals surface area (Å²) in [7, 11) is 0. The van der Waals surface area contributed by atoms with Gasteiger partial charge in [0.15, 0.2) is 5.58 Å². The zero-order valence-electron chi connectivity index (χ0n) is 31.0. The minimum absolute atomic E-state index is 0.625. The second kappa shape index (κ2) is 13.6. The van der Waals surface area contributed by atoms with Gasteiger partial charge in [0.25, 0.3) is 0 Å². The van der Waals surface area contributed by atoms with Gasteiger partial charge in [0.1, 0.15) is 5.52 Å². The van der Waals surface area contributed by atoms with Crippen LogP contribution in [-0.4, -0.2) is 9.55 Å². The summed E-state index contributed by atoms with van der Waals surface area (Å²) in [4.78, 5) is 7.36. The van der Waals surface area contributed by atoms with Crippen molar-refractivity contribution < 1.29 is 4.42 Å². The highest BCUT2D eigenvalue weighted by Crippen LogP contribution is 2.44. The Bertz CT molecular complexity index is 3220. The maximum Gasteiger partial charge on any atom is 0.227 e. The van der Waals surface area contributed by atoms with Crippen molar-refractivity contribution in [2.45, 2.75) is 0 Å². The molecule has 0 spiro atoms. The normalized spacial score (nSPS) is 11.5. The molecule has 4 nitrogen and oxygen atoms in total. The fourth-order valence-electron chi connectivity index (χ4n) is 8.40. The zero-order chi connectivity index (χ0) is 37.7. The molecular weight excluding hydrogens is 695 g/mol. The van der Waals surface area contributed by atoms with E-state index >= 15 is 0 Å². The van der Waals surface area contributed by atoms with E-state index in [1.165, 1.54) is 21.8 Å². The van der Waals surface area contributed by atoms with Crippen LogP contribution in [-0.2, 0) is 0 Å². The van der Waals surface area contributed by atoms with Crippen LogP contribution >= 0.6 is 0 Å². The van der Waals surface area contributed by atoms with Crippen molar-refractivity contribution in [3.8, 4) is 39.4 Å². The molecular formula is C53H35N3O. The van der Waals surface area contributed by atoms with Gasteiger partial charge in [0.05, 0.1) is 16.7 Å². The van der Waals surface area contributed by atoms with Gasteiger partial charge in [0.2, 0.25) is 5.89 Å². The van der Waals surface area contributed by atoms with Crippen LogP contribution in [0.5, 0.6) is 0 Å². The van der Waals surface area contributed by atoms with E-state index in [1.54, 1.807) is 0 Å². The Labute approximate surface area is 330 Å². The SMILES string of the molecule is c1ccc(-c2nc3c(cc(-c4ccc(N(c5ccc6c(c5)c5ccccc5n6-c5ccccc5)c5ccccc5-c5ccccc5)cc4)c4ccccc43)o2)cc1. The predicted octanol–water partition coefficient (Wildman–Crippen LogP) is 14.5. The smallest absolute Gasteiger partial charge is 0.227 e. The van der Waals surface area contributed by atoms with Crippen LogP contribution in [0.4, 0.5) is 17.1 Å². The largest absolute Gasteiger partial charge is 0.436 e. The van der Waals surface area contributed by atoms with Crippen molar-refractivity contribution >= 4 is 60.7 Å². The molecule has 0 unspecified atom stereocenters. The van der Waals surface area contributed by atoms with Crippen molar-refractivity contribution in [2.24, 2.45) is 0 Å². The van der Waals surface area contributed by atoms with Crippen LogP contribution in [0, 0.1) is 0 Å². The number of nitrogens with zero attached hydrogens (tertiary/aromatic N) is 3. The third kappa shape index (κ3) is 5.58. The maximum absolute atomic E-state index is 6.43. The highest BCUT2D eigenvalue weighted by molar-refractivity contribution is 6.12. The molecule has 0 aliphatic heterocycles. The van der Waals surface area contributed by atoms with Crippen molar-refractivity contribution in [2.75, 3.05) is 4.90 Å². The molecule has 2 aromatic heterocycles. The lowest BCUT2D eigenvalue weighted by Gasteiger charge is -2.28. The van der Waals surface area contributed by atoms with Gasteiger partial charge < -0.3 is 13.9 Å². The molecule has 0 amide bonds. The molecule has 11 aromatic rings. The van der Waals surface area contributed by atoms with Crippen LogP contribution in [0.2, 0.25) is 0 Å². The number of rotatable bonds is 7. The summed E-state index contributed by atoms with van der Waals surface area (Å²) in [5, 5.41) is 4.63. The Kier molecular flexibility index (Phi) is 7.78. The summed E-state index contributed by atoms with van der Waals surface area (Å²) in [6.45, 7) is 0. The highest BCUT2D eigenvalue weighted by atomic mass is 16.3. The van der Waals surface area contributed by atoms with Crippen LogP contribution in [0.1, 0.15) is 0 Å². The second-order valence-electron chi connectivity index (χ2n) is 14.4. The standard InChI is InChI=1S/C53H35N3O/c1-4-16-36(17-5-1)42-22-12-14-26-48(42)55(41-32-33-50-47(34-41)44-24-13-15-27-49(44)56(50)39-20-8-3-9-21-39)40-30-28-37(29-31-40)46-35-51-52(45-25-11-10-23-43(45)46)54-53(57-51)38-18-6-2-7-19-38/h1-35H. The number of hydrogen-bond acceptors (Lipinski definition) is 3. The van der Waals surface area contributed by atoms with Gasteiger partial charge in [-0.25, -0.2) is 4.98 Å². The number of hydrogen-bond donors (Lipinski definition) is 0. The first-order valence-electron chi connectivity index (χ1n) is 19.3. The van der Waals surface area contributed by atoms with E-state index in [0.717, 1.165) is 72.4 Å². The quantitative estimate of drug-likeness (QED) is 0.164. The third-order valence-corrected chi connectivity index (χ3v) is 11.0. The van der Waals surface area contributed by atoms with Gasteiger partial charge in [-0.1, -0.05) is 140 Å². The lowest BCUT2D eigenvalue weighted by atomic mass is 9.96. The Hall–Kier alpha value is -7.69. The van der Waals surface area contributed by atoms with Crippen molar-refractivity contribution in [1.82, 2.24) is 9.55 Å². The second-order valence-corrected chi connectivity index (χ2v) is 14.4. The average molecular weight is 730 g/mol. The number of anilines is 3. The van der Waals surface area contributed by atoms with Crippen molar-refractivity contribution in [3.63, 3.8) is 0 Å². The van der Waals surface area contributed by atoms with E-state index in [9.17, 15) is 0 Å². The maximum atomic E-state index is 6.43. The van der Waals surface area contributed by atoms with Gasteiger partial charge in [-0.05, 0) is 94.9 Å². The number of oxazole rings is 1. The van der Waals surface area contributed by atoms with Gasteiger partial charge in [-0.3, -0.25) is 0 Å². The minimum atomic E-state index is 0.625. The molecule has 0 saturated carbocycles. The first-order valence-corrected chi connectivity index (χ1v) is 19.3. The Morgan fingerprint density at radius 1 is 0.404 bits per heavy atom. The summed E-state index contributed by atoms with van der Waals surface area (Å²) in [5.41, 5.74) is 13.9. The topological polar surface area (TPSA) is 34.2 Å². The molecule has 57 heavy (non-hydrogen) atoms. The molecule has 0 atom stereocenters. The summed E-state index contributed by atoms with van der Waals surface area (Å²) < 4.78 is 8.80. The molecule has 0 radical (unpaired) electrons. The summed E-state index contributed by atoms with van der Waals surface area (Å²) in [6, 6.07) is 75.2. The molecule has 4 heteroatoms. The van der Waals surface area contributed by atoms with E-state index < -0.39 is 0 Å². The van der Waals surface area contributed by atoms with E-state index in [0.29, 0.717) is 5.89 Å². The van der Waals surface area contributed by atoms with Gasteiger partial charge in [-0.15, -0.1) is 0 Å². The lowest BCUT2D eigenvalue weighted by molar-refractivity contribution is 0.620. The monoisotopic (exact) mass is 729 g/mol. The first kappa shape index (κ1) is 32.7. The molecule has 0 saturated heterocycles. The molecule has 2 heterocycles. The predicted molar refractivity (Wildman–Crippen MR) is 237 cm³/mol. The van der Waals surface area contributed by atoms with Gasteiger partial charge >= 0.3 is 0 Å².